The van der Waals surface area contributed by atoms with E-state index in [1.165, 1.54) is 0 Å². The molecule has 3 rings (SSSR count). The Bertz CT molecular complexity index is 660. The zero-order chi connectivity index (χ0) is 17.5. The van der Waals surface area contributed by atoms with Crippen molar-refractivity contribution in [2.24, 2.45) is 0 Å². The molecular weight excluding hydrogens is 316 g/mol. The normalized spacial score (nSPS) is 17.1. The minimum Gasteiger partial charge on any atom is -0.378 e. The van der Waals surface area contributed by atoms with Crippen LogP contribution in [0.5, 0.6) is 0 Å². The van der Waals surface area contributed by atoms with Crippen LogP contribution in [-0.2, 0) is 9.53 Å². The van der Waals surface area contributed by atoms with Crippen molar-refractivity contribution >= 4 is 5.91 Å². The molecule has 2 heterocycles. The fraction of sp³-hybridized carbons (Fsp3) is 0.421. The summed E-state index contributed by atoms with van der Waals surface area (Å²) in [4.78, 5) is 23.4. The Labute approximate surface area is 148 Å². The summed E-state index contributed by atoms with van der Waals surface area (Å²) in [6, 6.07) is 9.96. The summed E-state index contributed by atoms with van der Waals surface area (Å²) in [5.74, 6) is -0.0771. The highest BCUT2D eigenvalue weighted by molar-refractivity contribution is 5.84. The van der Waals surface area contributed by atoms with E-state index in [9.17, 15) is 4.79 Å². The minimum absolute atomic E-state index is 0.0254. The number of rotatable bonds is 6. The number of hydrogen-bond donors (Lipinski definition) is 1. The molecule has 0 bridgehead atoms. The molecule has 1 N–H and O–H groups in total. The Morgan fingerprint density at radius 3 is 2.68 bits per heavy atom. The van der Waals surface area contributed by atoms with Gasteiger partial charge in [-0.15, -0.1) is 0 Å². The number of carbonyl (C=O) groups is 1. The Morgan fingerprint density at radius 1 is 1.24 bits per heavy atom. The molecule has 1 fully saturated rings. The number of carbonyl (C=O) groups excluding carboxylic acids is 1. The van der Waals surface area contributed by atoms with Crippen molar-refractivity contribution in [2.75, 3.05) is 32.8 Å². The second-order valence-corrected chi connectivity index (χ2v) is 6.16. The zero-order valence-electron chi connectivity index (χ0n) is 14.5. The van der Waals surface area contributed by atoms with Gasteiger partial charge in [0.2, 0.25) is 5.91 Å². The average molecular weight is 340 g/mol. The molecule has 0 aliphatic carbocycles. The third kappa shape index (κ3) is 4.61. The van der Waals surface area contributed by atoms with E-state index in [0.29, 0.717) is 32.8 Å². The van der Waals surface area contributed by atoms with Crippen LogP contribution in [0.15, 0.2) is 48.9 Å². The SMILES string of the molecule is C[C@H](NC[C@H](C(=O)N1CCOCC1)c1ccccc1)c1cnccn1. The van der Waals surface area contributed by atoms with Gasteiger partial charge in [0.15, 0.2) is 0 Å². The molecule has 1 aromatic heterocycles. The van der Waals surface area contributed by atoms with E-state index < -0.39 is 0 Å². The summed E-state index contributed by atoms with van der Waals surface area (Å²) >= 11 is 0. The summed E-state index contributed by atoms with van der Waals surface area (Å²) < 4.78 is 5.37. The third-order valence-electron chi connectivity index (χ3n) is 4.48. The van der Waals surface area contributed by atoms with E-state index >= 15 is 0 Å². The van der Waals surface area contributed by atoms with Gasteiger partial charge >= 0.3 is 0 Å². The van der Waals surface area contributed by atoms with Crippen molar-refractivity contribution in [3.8, 4) is 0 Å². The molecule has 0 spiro atoms. The lowest BCUT2D eigenvalue weighted by Crippen LogP contribution is -2.45. The maximum atomic E-state index is 13.1. The Balaban J connectivity index is 1.71. The molecule has 0 unspecified atom stereocenters. The van der Waals surface area contributed by atoms with Gasteiger partial charge in [0.1, 0.15) is 0 Å². The first kappa shape index (κ1) is 17.5. The van der Waals surface area contributed by atoms with Crippen molar-refractivity contribution in [1.82, 2.24) is 20.2 Å². The number of hydrogen-bond acceptors (Lipinski definition) is 5. The van der Waals surface area contributed by atoms with Gasteiger partial charge in [-0.05, 0) is 12.5 Å². The van der Waals surface area contributed by atoms with E-state index in [2.05, 4.69) is 15.3 Å². The van der Waals surface area contributed by atoms with Gasteiger partial charge in [-0.1, -0.05) is 30.3 Å². The van der Waals surface area contributed by atoms with Gasteiger partial charge in [-0.3, -0.25) is 14.8 Å². The van der Waals surface area contributed by atoms with Gasteiger partial charge in [0.25, 0.3) is 0 Å². The lowest BCUT2D eigenvalue weighted by Gasteiger charge is -2.31. The molecule has 132 valence electrons. The Hall–Kier alpha value is -2.31. The highest BCUT2D eigenvalue weighted by Crippen LogP contribution is 2.20. The van der Waals surface area contributed by atoms with E-state index in [1.54, 1.807) is 18.6 Å². The quantitative estimate of drug-likeness (QED) is 0.868. The molecule has 2 atom stereocenters. The van der Waals surface area contributed by atoms with Crippen LogP contribution >= 0.6 is 0 Å². The summed E-state index contributed by atoms with van der Waals surface area (Å²) in [5.41, 5.74) is 1.89. The predicted molar refractivity (Wildman–Crippen MR) is 95.0 cm³/mol. The first-order valence-electron chi connectivity index (χ1n) is 8.66. The molecular formula is C19H24N4O2. The molecule has 1 amide bonds. The molecule has 0 radical (unpaired) electrons. The first-order valence-corrected chi connectivity index (χ1v) is 8.66. The number of nitrogens with zero attached hydrogens (tertiary/aromatic N) is 3. The van der Waals surface area contributed by atoms with E-state index in [-0.39, 0.29) is 17.9 Å². The van der Waals surface area contributed by atoms with Crippen LogP contribution < -0.4 is 5.32 Å². The highest BCUT2D eigenvalue weighted by atomic mass is 16.5. The smallest absolute Gasteiger partial charge is 0.231 e. The van der Waals surface area contributed by atoms with Crippen LogP contribution in [0.1, 0.15) is 30.1 Å². The molecule has 1 aliphatic heterocycles. The van der Waals surface area contributed by atoms with Crippen LogP contribution in [0, 0.1) is 0 Å². The van der Waals surface area contributed by atoms with Crippen LogP contribution in [-0.4, -0.2) is 53.6 Å². The lowest BCUT2D eigenvalue weighted by molar-refractivity contribution is -0.136. The van der Waals surface area contributed by atoms with Crippen LogP contribution in [0.3, 0.4) is 0 Å². The second kappa shape index (κ2) is 8.69. The predicted octanol–water partition coefficient (Wildman–Crippen LogP) is 1.77. The summed E-state index contributed by atoms with van der Waals surface area (Å²) in [6.07, 6.45) is 5.09. The van der Waals surface area contributed by atoms with Crippen molar-refractivity contribution in [1.29, 1.82) is 0 Å². The third-order valence-corrected chi connectivity index (χ3v) is 4.48. The molecule has 1 saturated heterocycles. The molecule has 2 aromatic rings. The van der Waals surface area contributed by atoms with E-state index in [1.807, 2.05) is 42.2 Å². The zero-order valence-corrected chi connectivity index (χ0v) is 14.5. The first-order chi connectivity index (χ1) is 12.3. The average Bonchev–Trinajstić information content (AvgIpc) is 2.70. The lowest BCUT2D eigenvalue weighted by atomic mass is 9.96. The van der Waals surface area contributed by atoms with Crippen LogP contribution in [0.4, 0.5) is 0 Å². The van der Waals surface area contributed by atoms with Gasteiger partial charge in [0, 0.05) is 44.3 Å². The number of benzene rings is 1. The van der Waals surface area contributed by atoms with Gasteiger partial charge < -0.3 is 15.0 Å². The van der Waals surface area contributed by atoms with Crippen LogP contribution in [0.2, 0.25) is 0 Å². The van der Waals surface area contributed by atoms with Gasteiger partial charge in [0.05, 0.1) is 24.8 Å². The van der Waals surface area contributed by atoms with Gasteiger partial charge in [-0.2, -0.15) is 0 Å². The summed E-state index contributed by atoms with van der Waals surface area (Å²) in [6.45, 7) is 5.11. The number of morpholine rings is 1. The van der Waals surface area contributed by atoms with Crippen LogP contribution in [0.25, 0.3) is 0 Å². The number of aromatic nitrogens is 2. The molecule has 0 saturated carbocycles. The fourth-order valence-electron chi connectivity index (χ4n) is 2.97. The number of amides is 1. The molecule has 1 aromatic carbocycles. The highest BCUT2D eigenvalue weighted by Gasteiger charge is 2.27. The second-order valence-electron chi connectivity index (χ2n) is 6.16. The fourth-order valence-corrected chi connectivity index (χ4v) is 2.97. The molecule has 25 heavy (non-hydrogen) atoms. The Kier molecular flexibility index (Phi) is 6.09. The van der Waals surface area contributed by atoms with E-state index in [0.717, 1.165) is 11.3 Å². The number of ether oxygens (including phenoxy) is 1. The molecule has 1 aliphatic rings. The monoisotopic (exact) mass is 340 g/mol. The maximum absolute atomic E-state index is 13.1. The topological polar surface area (TPSA) is 67.4 Å². The van der Waals surface area contributed by atoms with Crippen molar-refractivity contribution in [3.05, 3.63) is 60.2 Å². The molecule has 6 nitrogen and oxygen atoms in total. The van der Waals surface area contributed by atoms with Crippen molar-refractivity contribution < 1.29 is 9.53 Å². The molecule has 6 heteroatoms. The minimum atomic E-state index is -0.224. The Morgan fingerprint density at radius 2 is 2.00 bits per heavy atom. The maximum Gasteiger partial charge on any atom is 0.231 e. The largest absolute Gasteiger partial charge is 0.378 e. The standard InChI is InChI=1S/C19H24N4O2/c1-15(18-14-20-7-8-21-18)22-13-17(16-5-3-2-4-6-16)19(24)23-9-11-25-12-10-23/h2-8,14-15,17,22H,9-13H2,1H3/t15-,17-/m0/s1. The van der Waals surface area contributed by atoms with E-state index in [4.69, 9.17) is 4.74 Å². The number of nitrogens with one attached hydrogen (secondary N) is 1. The van der Waals surface area contributed by atoms with Crippen molar-refractivity contribution in [2.45, 2.75) is 18.9 Å². The van der Waals surface area contributed by atoms with Crippen molar-refractivity contribution in [3.63, 3.8) is 0 Å². The summed E-state index contributed by atoms with van der Waals surface area (Å²) in [5, 5.41) is 3.44. The summed E-state index contributed by atoms with van der Waals surface area (Å²) in [7, 11) is 0. The van der Waals surface area contributed by atoms with Gasteiger partial charge in [-0.25, -0.2) is 0 Å².